The predicted molar refractivity (Wildman–Crippen MR) is 47.6 cm³/mol. The Morgan fingerprint density at radius 2 is 1.87 bits per heavy atom. The first kappa shape index (κ1) is 12.0. The summed E-state index contributed by atoms with van der Waals surface area (Å²) in [5, 5.41) is 11.0. The van der Waals surface area contributed by atoms with Crippen LogP contribution in [0.1, 0.15) is 10.4 Å². The van der Waals surface area contributed by atoms with Crippen LogP contribution in [0.15, 0.2) is 30.5 Å². The van der Waals surface area contributed by atoms with Crippen LogP contribution in [-0.2, 0) is 4.79 Å². The van der Waals surface area contributed by atoms with E-state index in [9.17, 15) is 14.7 Å². The maximum Gasteiger partial charge on any atom is 1.00 e. The molecule has 70 valence electrons. The molecule has 0 fully saturated rings. The van der Waals surface area contributed by atoms with Crippen molar-refractivity contribution in [3.8, 4) is 0 Å². The van der Waals surface area contributed by atoms with E-state index in [1.807, 2.05) is 0 Å². The largest absolute Gasteiger partial charge is 1.00 e. The van der Waals surface area contributed by atoms with Gasteiger partial charge in [0, 0.05) is 22.7 Å². The number of carbonyl (C=O) groups excluding carboxylic acids is 2. The van der Waals surface area contributed by atoms with Crippen molar-refractivity contribution in [3.05, 3.63) is 36.0 Å². The number of Topliss-reactive ketones (excluding diaryl/α,β-unsaturated/α-hetero) is 1. The number of aromatic amines is 1. The monoisotopic (exact) mass is 211 g/mol. The molecule has 0 saturated carbocycles. The molecule has 0 aliphatic rings. The van der Waals surface area contributed by atoms with E-state index < -0.39 is 11.8 Å². The Hall–Kier alpha value is -1.10. The zero-order chi connectivity index (χ0) is 10.1. The number of carbonyl (C=O) groups is 2. The van der Waals surface area contributed by atoms with E-state index in [0.717, 1.165) is 5.52 Å². The first-order valence-corrected chi connectivity index (χ1v) is 4.02. The number of hydrogen-bond acceptors (Lipinski definition) is 3. The van der Waals surface area contributed by atoms with E-state index in [0.29, 0.717) is 5.39 Å². The minimum atomic E-state index is -1.69. The number of H-pyrrole nitrogens is 1. The fourth-order valence-corrected chi connectivity index (χ4v) is 1.37. The number of carboxylic acids is 1. The molecule has 0 atom stereocenters. The molecule has 0 amide bonds. The van der Waals surface area contributed by atoms with Gasteiger partial charge in [0.2, 0.25) is 5.78 Å². The van der Waals surface area contributed by atoms with Crippen LogP contribution in [0.5, 0.6) is 0 Å². The Kier molecular flexibility index (Phi) is 3.68. The summed E-state index contributed by atoms with van der Waals surface area (Å²) in [6.45, 7) is 0. The maximum atomic E-state index is 11.1. The van der Waals surface area contributed by atoms with Crippen LogP contribution in [0.4, 0.5) is 0 Å². The van der Waals surface area contributed by atoms with Crippen molar-refractivity contribution in [1.29, 1.82) is 0 Å². The maximum absolute atomic E-state index is 11.1. The van der Waals surface area contributed by atoms with E-state index in [4.69, 9.17) is 0 Å². The van der Waals surface area contributed by atoms with E-state index in [1.54, 1.807) is 24.3 Å². The van der Waals surface area contributed by atoms with Gasteiger partial charge in [-0.1, -0.05) is 18.2 Å². The summed E-state index contributed by atoms with van der Waals surface area (Å²) < 4.78 is 0. The molecule has 1 aromatic carbocycles. The van der Waals surface area contributed by atoms with Gasteiger partial charge >= 0.3 is 29.6 Å². The molecule has 0 radical (unpaired) electrons. The molecule has 0 unspecified atom stereocenters. The molecule has 1 N–H and O–H groups in total. The second-order valence-corrected chi connectivity index (χ2v) is 2.86. The first-order chi connectivity index (χ1) is 6.70. The summed E-state index contributed by atoms with van der Waals surface area (Å²) >= 11 is 0. The van der Waals surface area contributed by atoms with E-state index in [-0.39, 0.29) is 35.1 Å². The van der Waals surface area contributed by atoms with Crippen molar-refractivity contribution >= 4 is 22.7 Å². The van der Waals surface area contributed by atoms with E-state index >= 15 is 0 Å². The summed E-state index contributed by atoms with van der Waals surface area (Å²) in [5.74, 6) is -2.68. The number of rotatable bonds is 2. The van der Waals surface area contributed by atoms with Crippen LogP contribution >= 0.6 is 0 Å². The van der Waals surface area contributed by atoms with Gasteiger partial charge in [-0.3, -0.25) is 4.79 Å². The quantitative estimate of drug-likeness (QED) is 0.329. The summed E-state index contributed by atoms with van der Waals surface area (Å²) in [7, 11) is 0. The molecule has 0 aliphatic carbocycles. The fourth-order valence-electron chi connectivity index (χ4n) is 1.37. The van der Waals surface area contributed by atoms with Gasteiger partial charge in [-0.05, 0) is 6.07 Å². The summed E-state index contributed by atoms with van der Waals surface area (Å²) in [4.78, 5) is 24.3. The van der Waals surface area contributed by atoms with Crippen molar-refractivity contribution in [1.82, 2.24) is 4.98 Å². The average Bonchev–Trinajstić information content (AvgIpc) is 2.60. The van der Waals surface area contributed by atoms with Crippen LogP contribution in [0.25, 0.3) is 10.9 Å². The van der Waals surface area contributed by atoms with Crippen LogP contribution < -0.4 is 34.7 Å². The van der Waals surface area contributed by atoms with Crippen molar-refractivity contribution in [2.45, 2.75) is 0 Å². The number of aromatic nitrogens is 1. The van der Waals surface area contributed by atoms with E-state index in [2.05, 4.69) is 4.98 Å². The normalized spacial score (nSPS) is 9.60. The minimum absolute atomic E-state index is 0. The molecule has 4 nitrogen and oxygen atoms in total. The van der Waals surface area contributed by atoms with Gasteiger partial charge in [-0.25, -0.2) is 0 Å². The molecular formula is C10H6NNaO3. The van der Waals surface area contributed by atoms with Gasteiger partial charge in [-0.15, -0.1) is 0 Å². The number of benzene rings is 1. The SMILES string of the molecule is O=C([O-])C(=O)c1c[nH]c2ccccc12.[Na+]. The second-order valence-electron chi connectivity index (χ2n) is 2.86. The number of nitrogens with one attached hydrogen (secondary N) is 1. The number of carboxylic acid groups (broad SMARTS) is 1. The third-order valence-electron chi connectivity index (χ3n) is 2.02. The Labute approximate surface area is 108 Å². The average molecular weight is 211 g/mol. The number of para-hydroxylation sites is 1. The molecule has 2 aromatic rings. The van der Waals surface area contributed by atoms with Crippen molar-refractivity contribution in [2.75, 3.05) is 0 Å². The third kappa shape index (κ3) is 2.12. The Morgan fingerprint density at radius 3 is 2.53 bits per heavy atom. The summed E-state index contributed by atoms with van der Waals surface area (Å²) in [5.41, 5.74) is 0.873. The molecule has 15 heavy (non-hydrogen) atoms. The van der Waals surface area contributed by atoms with Gasteiger partial charge in [0.25, 0.3) is 0 Å². The fraction of sp³-hybridized carbons (Fsp3) is 0. The molecule has 0 saturated heterocycles. The van der Waals surface area contributed by atoms with Crippen LogP contribution in [-0.4, -0.2) is 16.7 Å². The summed E-state index contributed by atoms with van der Waals surface area (Å²) in [6.07, 6.45) is 1.38. The zero-order valence-electron chi connectivity index (χ0n) is 8.11. The smallest absolute Gasteiger partial charge is 0.541 e. The van der Waals surface area contributed by atoms with Crippen molar-refractivity contribution in [3.63, 3.8) is 0 Å². The minimum Gasteiger partial charge on any atom is -0.541 e. The van der Waals surface area contributed by atoms with Crippen molar-refractivity contribution in [2.24, 2.45) is 0 Å². The molecule has 1 heterocycles. The zero-order valence-corrected chi connectivity index (χ0v) is 10.1. The van der Waals surface area contributed by atoms with Crippen molar-refractivity contribution < 1.29 is 44.3 Å². The van der Waals surface area contributed by atoms with Gasteiger partial charge in [-0.2, -0.15) is 0 Å². The van der Waals surface area contributed by atoms with E-state index in [1.165, 1.54) is 6.20 Å². The van der Waals surface area contributed by atoms with Gasteiger partial charge in [0.15, 0.2) is 0 Å². The summed E-state index contributed by atoms with van der Waals surface area (Å²) in [6, 6.07) is 6.98. The van der Waals surface area contributed by atoms with Gasteiger partial charge < -0.3 is 14.9 Å². The predicted octanol–water partition coefficient (Wildman–Crippen LogP) is -2.90. The van der Waals surface area contributed by atoms with Crippen LogP contribution in [0.3, 0.4) is 0 Å². The van der Waals surface area contributed by atoms with Gasteiger partial charge in [0.1, 0.15) is 5.97 Å². The Balaban J connectivity index is 0.00000112. The Morgan fingerprint density at radius 1 is 1.20 bits per heavy atom. The number of fused-ring (bicyclic) bond motifs is 1. The first-order valence-electron chi connectivity index (χ1n) is 4.02. The molecule has 2 rings (SSSR count). The topological polar surface area (TPSA) is 73.0 Å². The third-order valence-corrected chi connectivity index (χ3v) is 2.02. The number of ketones is 1. The molecule has 0 spiro atoms. The van der Waals surface area contributed by atoms with Crippen LogP contribution in [0.2, 0.25) is 0 Å². The molecular weight excluding hydrogens is 205 g/mol. The van der Waals surface area contributed by atoms with Crippen LogP contribution in [0, 0.1) is 0 Å². The van der Waals surface area contributed by atoms with Gasteiger partial charge in [0.05, 0.1) is 0 Å². The molecule has 5 heteroatoms. The number of aliphatic carboxylic acids is 1. The standard InChI is InChI=1S/C10H7NO3.Na/c12-9(10(13)14)7-5-11-8-4-2-1-3-6(7)8;/h1-5,11H,(H,13,14);/q;+1/p-1. The molecule has 0 aliphatic heterocycles. The number of hydrogen-bond donors (Lipinski definition) is 1. The second kappa shape index (κ2) is 4.61. The molecule has 0 bridgehead atoms. The molecule has 1 aromatic heterocycles. The Bertz CT molecular complexity index is 518.